The van der Waals surface area contributed by atoms with Crippen LogP contribution in [0.25, 0.3) is 10.8 Å². The van der Waals surface area contributed by atoms with Crippen molar-refractivity contribution in [2.45, 2.75) is 77.4 Å². The second-order valence-corrected chi connectivity index (χ2v) is 7.56. The normalized spacial score (nSPS) is 13.4. The molecule has 0 aliphatic carbocycles. The quantitative estimate of drug-likeness (QED) is 0.421. The second-order valence-electron chi connectivity index (χ2n) is 7.56. The maximum absolute atomic E-state index is 10.1. The van der Waals surface area contributed by atoms with Crippen LogP contribution < -0.4 is 9.47 Å². The smallest absolute Gasteiger partial charge is 0.127 e. The third kappa shape index (κ3) is 7.69. The minimum atomic E-state index is -0.432. The van der Waals surface area contributed by atoms with Gasteiger partial charge in [-0.1, -0.05) is 64.5 Å². The topological polar surface area (TPSA) is 58.9 Å². The molecule has 2 aromatic rings. The SMILES string of the molecule is CCCCCC(O)COc1ccc2c(OCC(O)CCCCC)cccc2c1. The van der Waals surface area contributed by atoms with E-state index in [0.29, 0.717) is 13.2 Å². The predicted octanol–water partition coefficient (Wildman–Crippen LogP) is 5.48. The lowest BCUT2D eigenvalue weighted by molar-refractivity contribution is 0.0976. The Hall–Kier alpha value is -1.78. The molecule has 0 aliphatic heterocycles. The standard InChI is InChI=1S/C24H36O4/c1-3-5-7-11-20(25)17-27-22-14-15-23-19(16-22)10-9-13-24(23)28-18-21(26)12-8-6-4-2/h9-10,13-16,20-21,25-26H,3-8,11-12,17-18H2,1-2H3. The van der Waals surface area contributed by atoms with Crippen LogP contribution in [0.2, 0.25) is 0 Å². The number of unbranched alkanes of at least 4 members (excludes halogenated alkanes) is 4. The van der Waals surface area contributed by atoms with Crippen molar-refractivity contribution >= 4 is 10.8 Å². The van der Waals surface area contributed by atoms with Gasteiger partial charge in [-0.2, -0.15) is 0 Å². The van der Waals surface area contributed by atoms with E-state index >= 15 is 0 Å². The van der Waals surface area contributed by atoms with Gasteiger partial charge in [-0.3, -0.25) is 0 Å². The number of aliphatic hydroxyl groups excluding tert-OH is 2. The Labute approximate surface area is 169 Å². The van der Waals surface area contributed by atoms with Gasteiger partial charge in [0.05, 0.1) is 12.2 Å². The van der Waals surface area contributed by atoms with E-state index in [0.717, 1.165) is 73.6 Å². The summed E-state index contributed by atoms with van der Waals surface area (Å²) in [5.74, 6) is 1.52. The van der Waals surface area contributed by atoms with Gasteiger partial charge in [0.15, 0.2) is 0 Å². The molecule has 0 spiro atoms. The number of hydrogen-bond donors (Lipinski definition) is 2. The Kier molecular flexibility index (Phi) is 10.2. The first-order chi connectivity index (χ1) is 13.6. The Morgan fingerprint density at radius 3 is 2.07 bits per heavy atom. The van der Waals surface area contributed by atoms with E-state index in [-0.39, 0.29) is 0 Å². The van der Waals surface area contributed by atoms with E-state index in [4.69, 9.17) is 9.47 Å². The van der Waals surface area contributed by atoms with Gasteiger partial charge in [-0.05, 0) is 42.5 Å². The first-order valence-corrected chi connectivity index (χ1v) is 10.8. The molecule has 2 unspecified atom stereocenters. The number of benzene rings is 2. The molecule has 0 amide bonds. The Balaban J connectivity index is 1.90. The molecule has 0 saturated carbocycles. The summed E-state index contributed by atoms with van der Waals surface area (Å²) in [4.78, 5) is 0. The van der Waals surface area contributed by atoms with Gasteiger partial charge < -0.3 is 19.7 Å². The number of ether oxygens (including phenoxy) is 2. The van der Waals surface area contributed by atoms with Crippen molar-refractivity contribution in [1.82, 2.24) is 0 Å². The molecular formula is C24H36O4. The third-order valence-corrected chi connectivity index (χ3v) is 4.97. The summed E-state index contributed by atoms with van der Waals surface area (Å²) in [5.41, 5.74) is 0. The molecule has 2 atom stereocenters. The lowest BCUT2D eigenvalue weighted by Gasteiger charge is -2.15. The zero-order valence-corrected chi connectivity index (χ0v) is 17.4. The monoisotopic (exact) mass is 388 g/mol. The summed E-state index contributed by atoms with van der Waals surface area (Å²) in [5, 5.41) is 22.1. The molecule has 0 aromatic heterocycles. The second kappa shape index (κ2) is 12.6. The number of rotatable bonds is 14. The van der Waals surface area contributed by atoms with Crippen LogP contribution in [-0.2, 0) is 0 Å². The lowest BCUT2D eigenvalue weighted by Crippen LogP contribution is -2.17. The largest absolute Gasteiger partial charge is 0.491 e. The average Bonchev–Trinajstić information content (AvgIpc) is 2.71. The first kappa shape index (κ1) is 22.5. The summed E-state index contributed by atoms with van der Waals surface area (Å²) in [7, 11) is 0. The van der Waals surface area contributed by atoms with Gasteiger partial charge in [0.25, 0.3) is 0 Å². The van der Waals surface area contributed by atoms with E-state index in [1.807, 2.05) is 36.4 Å². The van der Waals surface area contributed by atoms with E-state index in [1.54, 1.807) is 0 Å². The van der Waals surface area contributed by atoms with E-state index in [9.17, 15) is 10.2 Å². The summed E-state index contributed by atoms with van der Waals surface area (Å²) in [6, 6.07) is 11.8. The lowest BCUT2D eigenvalue weighted by atomic mass is 10.1. The molecule has 2 N–H and O–H groups in total. The van der Waals surface area contributed by atoms with Crippen LogP contribution in [-0.4, -0.2) is 35.6 Å². The highest BCUT2D eigenvalue weighted by Crippen LogP contribution is 2.29. The molecule has 0 heterocycles. The molecule has 0 bridgehead atoms. The highest BCUT2D eigenvalue weighted by Gasteiger charge is 2.09. The first-order valence-electron chi connectivity index (χ1n) is 10.8. The zero-order chi connectivity index (χ0) is 20.2. The highest BCUT2D eigenvalue weighted by atomic mass is 16.5. The predicted molar refractivity (Wildman–Crippen MR) is 115 cm³/mol. The molecule has 2 rings (SSSR count). The van der Waals surface area contributed by atoms with Gasteiger partial charge >= 0.3 is 0 Å². The molecule has 4 nitrogen and oxygen atoms in total. The maximum atomic E-state index is 10.1. The maximum Gasteiger partial charge on any atom is 0.127 e. The Morgan fingerprint density at radius 1 is 0.786 bits per heavy atom. The van der Waals surface area contributed by atoms with Crippen molar-refractivity contribution in [3.05, 3.63) is 36.4 Å². The fourth-order valence-corrected chi connectivity index (χ4v) is 3.25. The van der Waals surface area contributed by atoms with Crippen LogP contribution in [0.1, 0.15) is 65.2 Å². The summed E-state index contributed by atoms with van der Waals surface area (Å²) < 4.78 is 11.6. The van der Waals surface area contributed by atoms with Crippen LogP contribution in [0.5, 0.6) is 11.5 Å². The van der Waals surface area contributed by atoms with E-state index in [2.05, 4.69) is 13.8 Å². The number of fused-ring (bicyclic) bond motifs is 1. The summed E-state index contributed by atoms with van der Waals surface area (Å²) >= 11 is 0. The Bertz CT molecular complexity index is 685. The molecule has 4 heteroatoms. The van der Waals surface area contributed by atoms with Crippen molar-refractivity contribution in [3.63, 3.8) is 0 Å². The van der Waals surface area contributed by atoms with E-state index in [1.165, 1.54) is 0 Å². The highest BCUT2D eigenvalue weighted by molar-refractivity contribution is 5.89. The van der Waals surface area contributed by atoms with E-state index < -0.39 is 12.2 Å². The van der Waals surface area contributed by atoms with Crippen LogP contribution in [0.3, 0.4) is 0 Å². The fraction of sp³-hybridized carbons (Fsp3) is 0.583. The van der Waals surface area contributed by atoms with Crippen molar-refractivity contribution < 1.29 is 19.7 Å². The van der Waals surface area contributed by atoms with Gasteiger partial charge in [-0.25, -0.2) is 0 Å². The zero-order valence-electron chi connectivity index (χ0n) is 17.4. The molecule has 2 aromatic carbocycles. The molecule has 0 fully saturated rings. The van der Waals surface area contributed by atoms with Gasteiger partial charge in [0, 0.05) is 5.39 Å². The summed E-state index contributed by atoms with van der Waals surface area (Å²) in [6.45, 7) is 4.94. The molecule has 0 saturated heterocycles. The third-order valence-electron chi connectivity index (χ3n) is 4.97. The van der Waals surface area contributed by atoms with Gasteiger partial charge in [0.1, 0.15) is 24.7 Å². The van der Waals surface area contributed by atoms with Crippen LogP contribution in [0.15, 0.2) is 36.4 Å². The van der Waals surface area contributed by atoms with Gasteiger partial charge in [-0.15, -0.1) is 0 Å². The van der Waals surface area contributed by atoms with Crippen molar-refractivity contribution in [3.8, 4) is 11.5 Å². The molecule has 156 valence electrons. The van der Waals surface area contributed by atoms with Crippen LogP contribution in [0.4, 0.5) is 0 Å². The number of aliphatic hydroxyl groups is 2. The minimum absolute atomic E-state index is 0.311. The van der Waals surface area contributed by atoms with Crippen molar-refractivity contribution in [1.29, 1.82) is 0 Å². The molecule has 0 aliphatic rings. The molecule has 28 heavy (non-hydrogen) atoms. The van der Waals surface area contributed by atoms with Crippen LogP contribution in [0, 0.1) is 0 Å². The molecular weight excluding hydrogens is 352 g/mol. The minimum Gasteiger partial charge on any atom is -0.491 e. The number of hydrogen-bond acceptors (Lipinski definition) is 4. The molecule has 0 radical (unpaired) electrons. The van der Waals surface area contributed by atoms with Gasteiger partial charge in [0.2, 0.25) is 0 Å². The van der Waals surface area contributed by atoms with Crippen molar-refractivity contribution in [2.24, 2.45) is 0 Å². The Morgan fingerprint density at radius 2 is 1.43 bits per heavy atom. The fourth-order valence-electron chi connectivity index (χ4n) is 3.25. The van der Waals surface area contributed by atoms with Crippen molar-refractivity contribution in [2.75, 3.05) is 13.2 Å². The van der Waals surface area contributed by atoms with Crippen LogP contribution >= 0.6 is 0 Å². The average molecular weight is 389 g/mol. The summed E-state index contributed by atoms with van der Waals surface area (Å²) in [6.07, 6.45) is 7.34.